The predicted octanol–water partition coefficient (Wildman–Crippen LogP) is 6.29. The molecule has 0 aliphatic carbocycles. The van der Waals surface area contributed by atoms with Crippen molar-refractivity contribution in [2.24, 2.45) is 5.41 Å². The molecule has 3 N–H and O–H groups in total. The van der Waals surface area contributed by atoms with Crippen LogP contribution in [0.4, 0.5) is 22.7 Å². The number of nitrogens with zero attached hydrogens (tertiary/aromatic N) is 1. The minimum atomic E-state index is -1.17. The maximum Gasteiger partial charge on any atom is 0.337 e. The van der Waals surface area contributed by atoms with E-state index in [1.165, 1.54) is 11.0 Å². The number of carboxylic acid groups (broad SMARTS) is 1. The Hall–Kier alpha value is -4.08. The summed E-state index contributed by atoms with van der Waals surface area (Å²) in [5, 5.41) is 16.3. The summed E-state index contributed by atoms with van der Waals surface area (Å²) in [7, 11) is 0. The molecule has 4 aromatic rings. The molecule has 9 nitrogen and oxygen atoms in total. The Balaban J connectivity index is 1.52. The SMILES string of the molecule is Cc1ccc(C(=O)O)c(N2Cc3c(Cl)ccc(Nc4c(N[C@@H](c5ccc(Cl)o5)C(C)(C)C)c(=O)c4=O)c3C2=O)c1. The maximum atomic E-state index is 13.7. The summed E-state index contributed by atoms with van der Waals surface area (Å²) in [4.78, 5) is 52.3. The van der Waals surface area contributed by atoms with Crippen molar-refractivity contribution < 1.29 is 19.1 Å². The van der Waals surface area contributed by atoms with Crippen molar-refractivity contribution in [3.05, 3.63) is 101 Å². The Morgan fingerprint density at radius 2 is 1.73 bits per heavy atom. The molecule has 1 aliphatic rings. The van der Waals surface area contributed by atoms with E-state index in [9.17, 15) is 24.3 Å². The van der Waals surface area contributed by atoms with Crippen molar-refractivity contribution >= 4 is 57.8 Å². The summed E-state index contributed by atoms with van der Waals surface area (Å²) in [6.07, 6.45) is 0. The molecule has 206 valence electrons. The van der Waals surface area contributed by atoms with Gasteiger partial charge in [0.05, 0.1) is 35.1 Å². The van der Waals surface area contributed by atoms with E-state index in [2.05, 4.69) is 10.6 Å². The van der Waals surface area contributed by atoms with Crippen molar-refractivity contribution in [1.29, 1.82) is 0 Å². The molecule has 2 heterocycles. The fourth-order valence-electron chi connectivity index (χ4n) is 4.86. The van der Waals surface area contributed by atoms with E-state index in [-0.39, 0.29) is 45.6 Å². The molecule has 0 spiro atoms. The van der Waals surface area contributed by atoms with Crippen molar-refractivity contribution in [2.45, 2.75) is 40.3 Å². The number of amides is 1. The van der Waals surface area contributed by atoms with Crippen LogP contribution in [0, 0.1) is 12.3 Å². The van der Waals surface area contributed by atoms with Crippen LogP contribution >= 0.6 is 23.2 Å². The first-order valence-electron chi connectivity index (χ1n) is 12.4. The number of carbonyl (C=O) groups is 2. The van der Waals surface area contributed by atoms with E-state index in [4.69, 9.17) is 27.6 Å². The molecule has 0 unspecified atom stereocenters. The zero-order valence-corrected chi connectivity index (χ0v) is 23.5. The monoisotopic (exact) mass is 581 g/mol. The maximum absolute atomic E-state index is 13.7. The van der Waals surface area contributed by atoms with Gasteiger partial charge in [-0.1, -0.05) is 38.4 Å². The highest BCUT2D eigenvalue weighted by Gasteiger charge is 2.37. The van der Waals surface area contributed by atoms with Crippen LogP contribution < -0.4 is 26.4 Å². The van der Waals surface area contributed by atoms with Crippen molar-refractivity contribution in [3.63, 3.8) is 0 Å². The molecule has 1 aromatic heterocycles. The zero-order chi connectivity index (χ0) is 29.1. The molecule has 11 heteroatoms. The number of benzene rings is 2. The minimum Gasteiger partial charge on any atom is -0.478 e. The van der Waals surface area contributed by atoms with Crippen molar-refractivity contribution in [3.8, 4) is 0 Å². The lowest BCUT2D eigenvalue weighted by Crippen LogP contribution is -2.39. The van der Waals surface area contributed by atoms with Gasteiger partial charge in [0.25, 0.3) is 16.8 Å². The van der Waals surface area contributed by atoms with Gasteiger partial charge in [-0.05, 0) is 65.9 Å². The third-order valence-corrected chi connectivity index (χ3v) is 7.47. The third kappa shape index (κ3) is 4.65. The number of rotatable bonds is 7. The number of halogens is 2. The highest BCUT2D eigenvalue weighted by atomic mass is 35.5. The first kappa shape index (κ1) is 27.5. The number of aromatic carboxylic acids is 1. The van der Waals surface area contributed by atoms with Gasteiger partial charge in [0.1, 0.15) is 17.1 Å². The van der Waals surface area contributed by atoms with Gasteiger partial charge >= 0.3 is 5.97 Å². The van der Waals surface area contributed by atoms with E-state index in [0.717, 1.165) is 5.56 Å². The number of nitrogens with one attached hydrogen (secondary N) is 2. The van der Waals surface area contributed by atoms with Crippen LogP contribution in [0.3, 0.4) is 0 Å². The molecule has 1 aliphatic heterocycles. The number of hydrogen-bond donors (Lipinski definition) is 3. The molecule has 0 fully saturated rings. The summed E-state index contributed by atoms with van der Waals surface area (Å²) in [6.45, 7) is 7.65. The number of furan rings is 1. The molecular weight excluding hydrogens is 557 g/mol. The molecule has 1 atom stereocenters. The topological polar surface area (TPSA) is 129 Å². The number of carbonyl (C=O) groups excluding carboxylic acids is 1. The number of hydrogen-bond acceptors (Lipinski definition) is 7. The zero-order valence-electron chi connectivity index (χ0n) is 22.0. The Morgan fingerprint density at radius 3 is 2.35 bits per heavy atom. The quantitative estimate of drug-likeness (QED) is 0.217. The van der Waals surface area contributed by atoms with Crippen LogP contribution in [0.5, 0.6) is 0 Å². The van der Waals surface area contributed by atoms with E-state index < -0.39 is 34.2 Å². The highest BCUT2D eigenvalue weighted by molar-refractivity contribution is 6.33. The third-order valence-electron chi connectivity index (χ3n) is 6.91. The van der Waals surface area contributed by atoms with E-state index in [0.29, 0.717) is 16.3 Å². The fourth-order valence-corrected chi connectivity index (χ4v) is 5.23. The largest absolute Gasteiger partial charge is 0.478 e. The molecule has 1 amide bonds. The number of carboxylic acids is 1. The Bertz CT molecular complexity index is 1760. The van der Waals surface area contributed by atoms with Crippen LogP contribution in [-0.4, -0.2) is 17.0 Å². The second kappa shape index (κ2) is 9.83. The summed E-state index contributed by atoms with van der Waals surface area (Å²) in [6, 6.07) is 10.6. The predicted molar refractivity (Wildman–Crippen MR) is 154 cm³/mol. The number of anilines is 4. The van der Waals surface area contributed by atoms with Crippen LogP contribution in [0.15, 0.2) is 56.5 Å². The average molecular weight is 582 g/mol. The van der Waals surface area contributed by atoms with Crippen molar-refractivity contribution in [2.75, 3.05) is 15.5 Å². The first-order valence-corrected chi connectivity index (χ1v) is 13.1. The summed E-state index contributed by atoms with van der Waals surface area (Å²) in [5.74, 6) is -1.17. The van der Waals surface area contributed by atoms with Crippen LogP contribution in [0.25, 0.3) is 0 Å². The van der Waals surface area contributed by atoms with Gasteiger partial charge in [0, 0.05) is 10.6 Å². The van der Waals surface area contributed by atoms with Gasteiger partial charge in [-0.2, -0.15) is 0 Å². The second-order valence-electron chi connectivity index (χ2n) is 10.8. The lowest BCUT2D eigenvalue weighted by atomic mass is 9.85. The molecule has 3 aromatic carbocycles. The second-order valence-corrected chi connectivity index (χ2v) is 11.6. The molecule has 40 heavy (non-hydrogen) atoms. The summed E-state index contributed by atoms with van der Waals surface area (Å²) < 4.78 is 5.59. The molecule has 5 rings (SSSR count). The standard InChI is InChI=1S/C29H25Cl2N3O6/c1-13-5-6-14(28(38)39)18(11-13)34-12-15-16(30)7-8-17(21(15)27(34)37)32-22-23(25(36)24(22)35)33-26(29(2,3)4)19-9-10-20(31)40-19/h5-11,26,32-33H,12H2,1-4H3,(H,38,39)/t26-/m0/s1. The fraction of sp³-hybridized carbons (Fsp3) is 0.241. The Labute approximate surface area is 239 Å². The normalized spacial score (nSPS) is 13.9. The van der Waals surface area contributed by atoms with Gasteiger partial charge in [0.15, 0.2) is 5.22 Å². The Morgan fingerprint density at radius 1 is 1.02 bits per heavy atom. The van der Waals surface area contributed by atoms with Gasteiger partial charge in [-0.3, -0.25) is 14.4 Å². The lowest BCUT2D eigenvalue weighted by Gasteiger charge is -2.31. The molecule has 0 saturated carbocycles. The van der Waals surface area contributed by atoms with Crippen LogP contribution in [0.2, 0.25) is 10.2 Å². The van der Waals surface area contributed by atoms with E-state index >= 15 is 0 Å². The minimum absolute atomic E-state index is 0.00513. The van der Waals surface area contributed by atoms with Gasteiger partial charge < -0.3 is 25.1 Å². The van der Waals surface area contributed by atoms with Crippen molar-refractivity contribution in [1.82, 2.24) is 0 Å². The lowest BCUT2D eigenvalue weighted by molar-refractivity contribution is 0.0697. The molecular formula is C29H25Cl2N3O6. The smallest absolute Gasteiger partial charge is 0.337 e. The highest BCUT2D eigenvalue weighted by Crippen LogP contribution is 2.41. The van der Waals surface area contributed by atoms with Crippen LogP contribution in [-0.2, 0) is 6.54 Å². The van der Waals surface area contributed by atoms with Gasteiger partial charge in [-0.15, -0.1) is 0 Å². The van der Waals surface area contributed by atoms with E-state index in [1.807, 2.05) is 20.8 Å². The Kier molecular flexibility index (Phi) is 6.76. The summed E-state index contributed by atoms with van der Waals surface area (Å²) >= 11 is 12.4. The number of fused-ring (bicyclic) bond motifs is 1. The first-order chi connectivity index (χ1) is 18.8. The van der Waals surface area contributed by atoms with E-state index in [1.54, 1.807) is 43.3 Å². The molecule has 0 saturated heterocycles. The average Bonchev–Trinajstić information content (AvgIpc) is 3.47. The van der Waals surface area contributed by atoms with Crippen LogP contribution in [0.1, 0.15) is 64.4 Å². The summed E-state index contributed by atoms with van der Waals surface area (Å²) in [5.41, 5.74) is 0.0594. The van der Waals surface area contributed by atoms with Gasteiger partial charge in [-0.25, -0.2) is 4.79 Å². The number of aryl methyl sites for hydroxylation is 1. The molecule has 0 radical (unpaired) electrons. The molecule has 0 bridgehead atoms. The van der Waals surface area contributed by atoms with Gasteiger partial charge in [0.2, 0.25) is 0 Å².